The summed E-state index contributed by atoms with van der Waals surface area (Å²) in [6.07, 6.45) is 1.57. The molecule has 1 heterocycles. The summed E-state index contributed by atoms with van der Waals surface area (Å²) in [5.41, 5.74) is 1.17. The Hall–Kier alpha value is -1.17. The third-order valence-corrected chi connectivity index (χ3v) is 3.72. The van der Waals surface area contributed by atoms with Gasteiger partial charge in [-0.15, -0.1) is 0 Å². The van der Waals surface area contributed by atoms with Gasteiger partial charge in [-0.05, 0) is 46.7 Å². The number of nitrogens with zero attached hydrogens (tertiary/aromatic N) is 1. The molecule has 0 saturated carbocycles. The monoisotopic (exact) mass is 369 g/mol. The summed E-state index contributed by atoms with van der Waals surface area (Å²) < 4.78 is 0.765. The molecule has 0 fully saturated rings. The minimum Gasteiger partial charge on any atom is -0.356 e. The predicted octanol–water partition coefficient (Wildman–Crippen LogP) is 4.55. The van der Waals surface area contributed by atoms with E-state index < -0.39 is 0 Å². The highest BCUT2D eigenvalue weighted by atomic mass is 79.9. The van der Waals surface area contributed by atoms with E-state index in [1.807, 2.05) is 25.1 Å². The highest BCUT2D eigenvalue weighted by Gasteiger charge is 2.08. The van der Waals surface area contributed by atoms with Gasteiger partial charge in [-0.25, -0.2) is 4.98 Å². The van der Waals surface area contributed by atoms with Crippen LogP contribution in [0.4, 0.5) is 5.82 Å². The van der Waals surface area contributed by atoms with E-state index in [1.165, 1.54) is 5.56 Å². The van der Waals surface area contributed by atoms with Crippen LogP contribution in [-0.4, -0.2) is 10.1 Å². The molecule has 0 bridgehead atoms. The van der Waals surface area contributed by atoms with E-state index in [0.29, 0.717) is 16.0 Å². The molecule has 1 aromatic heterocycles. The van der Waals surface area contributed by atoms with Crippen LogP contribution in [-0.2, 0) is 0 Å². The van der Waals surface area contributed by atoms with Crippen LogP contribution >= 0.6 is 39.7 Å². The molecule has 1 atom stereocenters. The number of halogens is 2. The maximum Gasteiger partial charge on any atom is 0.172 e. The van der Waals surface area contributed by atoms with Gasteiger partial charge in [-0.2, -0.15) is 0 Å². The molecule has 6 heteroatoms. The number of hydrogen-bond donors (Lipinski definition) is 2. The van der Waals surface area contributed by atoms with Crippen molar-refractivity contribution in [1.29, 1.82) is 0 Å². The third kappa shape index (κ3) is 4.16. The van der Waals surface area contributed by atoms with E-state index in [4.69, 9.17) is 23.8 Å². The van der Waals surface area contributed by atoms with Crippen molar-refractivity contribution in [2.45, 2.75) is 13.0 Å². The quantitative estimate of drug-likeness (QED) is 0.778. The molecule has 0 saturated heterocycles. The Morgan fingerprint density at radius 3 is 2.70 bits per heavy atom. The number of aromatic nitrogens is 1. The maximum absolute atomic E-state index is 5.85. The zero-order valence-electron chi connectivity index (χ0n) is 10.7. The van der Waals surface area contributed by atoms with Gasteiger partial charge in [0.2, 0.25) is 0 Å². The average molecular weight is 371 g/mol. The molecule has 0 radical (unpaired) electrons. The van der Waals surface area contributed by atoms with Crippen molar-refractivity contribution in [3.63, 3.8) is 0 Å². The molecule has 0 aliphatic heterocycles. The van der Waals surface area contributed by atoms with Crippen LogP contribution in [0, 0.1) is 0 Å². The van der Waals surface area contributed by atoms with E-state index in [2.05, 4.69) is 43.7 Å². The summed E-state index contributed by atoms with van der Waals surface area (Å²) >= 11 is 14.5. The molecule has 20 heavy (non-hydrogen) atoms. The molecule has 104 valence electrons. The molecule has 2 aromatic rings. The van der Waals surface area contributed by atoms with Gasteiger partial charge in [0.05, 0.1) is 15.5 Å². The highest BCUT2D eigenvalue weighted by molar-refractivity contribution is 9.10. The smallest absolute Gasteiger partial charge is 0.172 e. The van der Waals surface area contributed by atoms with Crippen LogP contribution in [0.3, 0.4) is 0 Å². The standard InChI is InChI=1S/C14H13BrClN3S/c1-9(10-5-3-2-4-6-10)18-14(20)19-13-12(15)7-11(16)8-17-13/h2-9H,1H3,(H2,17,18,19,20)/t9-/m1/s1. The Balaban J connectivity index is 1.99. The first-order valence-corrected chi connectivity index (χ1v) is 7.57. The second-order valence-corrected chi connectivity index (χ2v) is 5.91. The lowest BCUT2D eigenvalue weighted by Gasteiger charge is -2.17. The zero-order chi connectivity index (χ0) is 14.5. The van der Waals surface area contributed by atoms with Crippen LogP contribution in [0.1, 0.15) is 18.5 Å². The number of anilines is 1. The number of pyridine rings is 1. The number of hydrogen-bond acceptors (Lipinski definition) is 2. The van der Waals surface area contributed by atoms with Crippen LogP contribution in [0.5, 0.6) is 0 Å². The fourth-order valence-electron chi connectivity index (χ4n) is 1.67. The van der Waals surface area contributed by atoms with E-state index >= 15 is 0 Å². The fraction of sp³-hybridized carbons (Fsp3) is 0.143. The Morgan fingerprint density at radius 1 is 1.35 bits per heavy atom. The van der Waals surface area contributed by atoms with E-state index in [1.54, 1.807) is 12.3 Å². The Kier molecular flexibility index (Phi) is 5.34. The van der Waals surface area contributed by atoms with Gasteiger partial charge >= 0.3 is 0 Å². The molecule has 2 rings (SSSR count). The Labute approximate surface area is 136 Å². The Bertz CT molecular complexity index is 607. The largest absolute Gasteiger partial charge is 0.356 e. The molecular formula is C14H13BrClN3S. The SMILES string of the molecule is C[C@@H](NC(=S)Nc1ncc(Cl)cc1Br)c1ccccc1. The Morgan fingerprint density at radius 2 is 2.05 bits per heavy atom. The molecule has 2 N–H and O–H groups in total. The van der Waals surface area contributed by atoms with E-state index in [-0.39, 0.29) is 6.04 Å². The van der Waals surface area contributed by atoms with Crippen LogP contribution in [0.25, 0.3) is 0 Å². The molecule has 1 aromatic carbocycles. The molecule has 0 aliphatic rings. The fourth-order valence-corrected chi connectivity index (χ4v) is 2.68. The summed E-state index contributed by atoms with van der Waals surface area (Å²) in [7, 11) is 0. The minimum absolute atomic E-state index is 0.113. The lowest BCUT2D eigenvalue weighted by molar-refractivity contribution is 0.722. The molecule has 0 aliphatic carbocycles. The topological polar surface area (TPSA) is 37.0 Å². The van der Waals surface area contributed by atoms with Gasteiger partial charge in [0.15, 0.2) is 5.11 Å². The summed E-state index contributed by atoms with van der Waals surface area (Å²) in [6.45, 7) is 2.05. The molecule has 0 amide bonds. The average Bonchev–Trinajstić information content (AvgIpc) is 2.43. The second-order valence-electron chi connectivity index (χ2n) is 4.21. The molecule has 0 unspecified atom stereocenters. The second kappa shape index (κ2) is 7.02. The van der Waals surface area contributed by atoms with Crippen molar-refractivity contribution < 1.29 is 0 Å². The number of nitrogens with one attached hydrogen (secondary N) is 2. The van der Waals surface area contributed by atoms with Crippen molar-refractivity contribution in [3.8, 4) is 0 Å². The van der Waals surface area contributed by atoms with Crippen molar-refractivity contribution >= 4 is 50.7 Å². The van der Waals surface area contributed by atoms with Gasteiger partial charge in [0, 0.05) is 6.20 Å². The van der Waals surface area contributed by atoms with Gasteiger partial charge in [-0.3, -0.25) is 0 Å². The van der Waals surface area contributed by atoms with Gasteiger partial charge in [0.25, 0.3) is 0 Å². The summed E-state index contributed by atoms with van der Waals surface area (Å²) in [4.78, 5) is 4.18. The molecule has 3 nitrogen and oxygen atoms in total. The van der Waals surface area contributed by atoms with Gasteiger partial charge in [0.1, 0.15) is 5.82 Å². The predicted molar refractivity (Wildman–Crippen MR) is 91.2 cm³/mol. The summed E-state index contributed by atoms with van der Waals surface area (Å²) in [5.74, 6) is 0.632. The van der Waals surface area contributed by atoms with Crippen molar-refractivity contribution in [2.24, 2.45) is 0 Å². The van der Waals surface area contributed by atoms with Crippen LogP contribution in [0.2, 0.25) is 5.02 Å². The van der Waals surface area contributed by atoms with Gasteiger partial charge < -0.3 is 10.6 Å². The lowest BCUT2D eigenvalue weighted by atomic mass is 10.1. The van der Waals surface area contributed by atoms with Crippen molar-refractivity contribution in [1.82, 2.24) is 10.3 Å². The number of rotatable bonds is 3. The van der Waals surface area contributed by atoms with E-state index in [9.17, 15) is 0 Å². The van der Waals surface area contributed by atoms with Crippen LogP contribution in [0.15, 0.2) is 47.1 Å². The van der Waals surface area contributed by atoms with E-state index in [0.717, 1.165) is 4.47 Å². The first-order valence-electron chi connectivity index (χ1n) is 6.00. The summed E-state index contributed by atoms with van der Waals surface area (Å²) in [5, 5.41) is 7.33. The van der Waals surface area contributed by atoms with Crippen molar-refractivity contribution in [2.75, 3.05) is 5.32 Å². The minimum atomic E-state index is 0.113. The van der Waals surface area contributed by atoms with Crippen LogP contribution < -0.4 is 10.6 Å². The van der Waals surface area contributed by atoms with Crippen molar-refractivity contribution in [3.05, 3.63) is 57.7 Å². The molecular weight excluding hydrogens is 358 g/mol. The van der Waals surface area contributed by atoms with Gasteiger partial charge in [-0.1, -0.05) is 41.9 Å². The lowest BCUT2D eigenvalue weighted by Crippen LogP contribution is -2.31. The number of benzene rings is 1. The first-order chi connectivity index (χ1) is 9.56. The normalized spacial score (nSPS) is 11.8. The molecule has 0 spiro atoms. The maximum atomic E-state index is 5.85. The number of thiocarbonyl (C=S) groups is 1. The zero-order valence-corrected chi connectivity index (χ0v) is 13.9. The summed E-state index contributed by atoms with van der Waals surface area (Å²) in [6, 6.07) is 12.0. The third-order valence-electron chi connectivity index (χ3n) is 2.69. The highest BCUT2D eigenvalue weighted by Crippen LogP contribution is 2.23. The first kappa shape index (κ1) is 15.2.